The normalized spacial score (nSPS) is 12.8. The first-order chi connectivity index (χ1) is 19.6. The third kappa shape index (κ3) is 30.4. The van der Waals surface area contributed by atoms with Crippen LogP contribution in [0.4, 0.5) is 0 Å². The standard InChI is InChI=1S/C36H62O4/c1-3-5-6-7-8-9-10-11-12-13-14-15-16-17-18-19-23-26-29-33-36(39)40-34(30-4-2)31-27-24-21-20-22-25-28-32-35(37)38/h8-9,11-12,14-15,17-18,34H,3-7,10,13,16,19-33H2,1-2H3,(H,37,38)/b9-8-,12-11-,15-14-,18-17-. The van der Waals surface area contributed by atoms with E-state index in [1.165, 1.54) is 38.5 Å². The number of carboxylic acids is 1. The van der Waals surface area contributed by atoms with E-state index in [1.807, 2.05) is 0 Å². The second-order valence-corrected chi connectivity index (χ2v) is 11.0. The Balaban J connectivity index is 3.69. The van der Waals surface area contributed by atoms with Gasteiger partial charge in [0.2, 0.25) is 0 Å². The first-order valence-corrected chi connectivity index (χ1v) is 16.6. The van der Waals surface area contributed by atoms with Crippen LogP contribution in [0.1, 0.15) is 162 Å². The fraction of sp³-hybridized carbons (Fsp3) is 0.722. The molecule has 1 N–H and O–H groups in total. The number of rotatable bonds is 29. The average Bonchev–Trinajstić information content (AvgIpc) is 2.93. The molecule has 0 radical (unpaired) electrons. The van der Waals surface area contributed by atoms with Crippen LogP contribution in [0.15, 0.2) is 48.6 Å². The number of hydrogen-bond acceptors (Lipinski definition) is 3. The van der Waals surface area contributed by atoms with Gasteiger partial charge in [-0.15, -0.1) is 0 Å². The van der Waals surface area contributed by atoms with Crippen LogP contribution in [-0.2, 0) is 14.3 Å². The smallest absolute Gasteiger partial charge is 0.306 e. The van der Waals surface area contributed by atoms with Gasteiger partial charge < -0.3 is 9.84 Å². The molecule has 0 saturated carbocycles. The zero-order valence-corrected chi connectivity index (χ0v) is 26.1. The molecule has 1 unspecified atom stereocenters. The van der Waals surface area contributed by atoms with Gasteiger partial charge in [-0.2, -0.15) is 0 Å². The molecule has 0 saturated heterocycles. The zero-order valence-electron chi connectivity index (χ0n) is 26.1. The van der Waals surface area contributed by atoms with E-state index in [0.717, 1.165) is 96.3 Å². The van der Waals surface area contributed by atoms with E-state index < -0.39 is 5.97 Å². The third-order valence-electron chi connectivity index (χ3n) is 7.03. The maximum absolute atomic E-state index is 12.3. The van der Waals surface area contributed by atoms with Gasteiger partial charge in [0.15, 0.2) is 0 Å². The molecule has 0 aromatic heterocycles. The highest BCUT2D eigenvalue weighted by molar-refractivity contribution is 5.69. The number of carboxylic acid groups (broad SMARTS) is 1. The maximum atomic E-state index is 12.3. The van der Waals surface area contributed by atoms with Crippen LogP contribution < -0.4 is 0 Å². The van der Waals surface area contributed by atoms with Crippen LogP contribution >= 0.6 is 0 Å². The van der Waals surface area contributed by atoms with Crippen LogP contribution in [0.2, 0.25) is 0 Å². The number of ether oxygens (including phenoxy) is 1. The molecule has 0 aliphatic rings. The number of carbonyl (C=O) groups is 2. The van der Waals surface area contributed by atoms with Gasteiger partial charge in [-0.25, -0.2) is 0 Å². The van der Waals surface area contributed by atoms with Crippen molar-refractivity contribution in [3.8, 4) is 0 Å². The summed E-state index contributed by atoms with van der Waals surface area (Å²) in [7, 11) is 0. The first kappa shape index (κ1) is 37.9. The molecule has 0 aliphatic heterocycles. The Kier molecular flexibility index (Phi) is 29.8. The maximum Gasteiger partial charge on any atom is 0.306 e. The van der Waals surface area contributed by atoms with Gasteiger partial charge in [0, 0.05) is 12.8 Å². The van der Waals surface area contributed by atoms with Crippen molar-refractivity contribution in [1.29, 1.82) is 0 Å². The SMILES string of the molecule is CCCCC/C=C\C/C=C\C/C=C\C/C=C\CCCCCC(=O)OC(CCC)CCCCCCCCCC(=O)O. The molecule has 1 atom stereocenters. The fourth-order valence-corrected chi connectivity index (χ4v) is 4.63. The molecule has 0 aromatic rings. The van der Waals surface area contributed by atoms with E-state index in [1.54, 1.807) is 0 Å². The summed E-state index contributed by atoms with van der Waals surface area (Å²) < 4.78 is 5.79. The minimum absolute atomic E-state index is 0.0328. The lowest BCUT2D eigenvalue weighted by Crippen LogP contribution is -2.18. The number of allylic oxidation sites excluding steroid dienone is 8. The van der Waals surface area contributed by atoms with E-state index in [9.17, 15) is 9.59 Å². The number of unbranched alkanes of at least 4 members (excludes halogenated alkanes) is 12. The lowest BCUT2D eigenvalue weighted by molar-refractivity contribution is -0.150. The fourth-order valence-electron chi connectivity index (χ4n) is 4.63. The van der Waals surface area contributed by atoms with Crippen molar-refractivity contribution < 1.29 is 19.4 Å². The Morgan fingerprint density at radius 3 is 1.57 bits per heavy atom. The summed E-state index contributed by atoms with van der Waals surface area (Å²) in [6, 6.07) is 0. The zero-order chi connectivity index (χ0) is 29.4. The van der Waals surface area contributed by atoms with Crippen molar-refractivity contribution >= 4 is 11.9 Å². The molecular weight excluding hydrogens is 496 g/mol. The predicted molar refractivity (Wildman–Crippen MR) is 172 cm³/mol. The molecule has 0 amide bonds. The summed E-state index contributed by atoms with van der Waals surface area (Å²) in [5, 5.41) is 8.67. The monoisotopic (exact) mass is 558 g/mol. The van der Waals surface area contributed by atoms with Crippen LogP contribution in [-0.4, -0.2) is 23.1 Å². The topological polar surface area (TPSA) is 63.6 Å². The lowest BCUT2D eigenvalue weighted by atomic mass is 10.0. The van der Waals surface area contributed by atoms with Crippen molar-refractivity contribution in [2.75, 3.05) is 0 Å². The number of aliphatic carboxylic acids is 1. The summed E-state index contributed by atoms with van der Waals surface area (Å²) in [5.41, 5.74) is 0. The lowest BCUT2D eigenvalue weighted by Gasteiger charge is -2.17. The summed E-state index contributed by atoms with van der Waals surface area (Å²) in [6.07, 6.45) is 41.7. The number of hydrogen-bond donors (Lipinski definition) is 1. The van der Waals surface area contributed by atoms with E-state index >= 15 is 0 Å². The Morgan fingerprint density at radius 2 is 1.02 bits per heavy atom. The highest BCUT2D eigenvalue weighted by atomic mass is 16.5. The van der Waals surface area contributed by atoms with Crippen molar-refractivity contribution in [3.05, 3.63) is 48.6 Å². The molecule has 4 heteroatoms. The Hall–Kier alpha value is -2.10. The minimum atomic E-state index is -0.695. The molecule has 0 bridgehead atoms. The van der Waals surface area contributed by atoms with Gasteiger partial charge in [0.25, 0.3) is 0 Å². The molecule has 0 fully saturated rings. The Bertz CT molecular complexity index is 689. The van der Waals surface area contributed by atoms with E-state index in [4.69, 9.17) is 9.84 Å². The highest BCUT2D eigenvalue weighted by Crippen LogP contribution is 2.16. The molecule has 0 spiro atoms. The predicted octanol–water partition coefficient (Wildman–Crippen LogP) is 11.2. The van der Waals surface area contributed by atoms with Crippen LogP contribution in [0.5, 0.6) is 0 Å². The van der Waals surface area contributed by atoms with Crippen LogP contribution in [0.3, 0.4) is 0 Å². The largest absolute Gasteiger partial charge is 0.481 e. The van der Waals surface area contributed by atoms with Gasteiger partial charge in [-0.3, -0.25) is 9.59 Å². The summed E-state index contributed by atoms with van der Waals surface area (Å²) in [4.78, 5) is 22.8. The van der Waals surface area contributed by atoms with E-state index in [0.29, 0.717) is 6.42 Å². The van der Waals surface area contributed by atoms with Gasteiger partial charge in [0.05, 0.1) is 0 Å². The third-order valence-corrected chi connectivity index (χ3v) is 7.03. The second kappa shape index (κ2) is 31.4. The molecule has 230 valence electrons. The van der Waals surface area contributed by atoms with E-state index in [-0.39, 0.29) is 18.5 Å². The average molecular weight is 559 g/mol. The van der Waals surface area contributed by atoms with Crippen molar-refractivity contribution in [1.82, 2.24) is 0 Å². The van der Waals surface area contributed by atoms with Crippen molar-refractivity contribution in [2.45, 2.75) is 168 Å². The molecule has 0 aliphatic carbocycles. The summed E-state index contributed by atoms with van der Waals surface area (Å²) >= 11 is 0. The van der Waals surface area contributed by atoms with Gasteiger partial charge in [0.1, 0.15) is 6.10 Å². The Labute approximate surface area is 247 Å². The van der Waals surface area contributed by atoms with E-state index in [2.05, 4.69) is 62.5 Å². The molecule has 40 heavy (non-hydrogen) atoms. The quantitative estimate of drug-likeness (QED) is 0.0563. The molecule has 0 aromatic carbocycles. The van der Waals surface area contributed by atoms with Gasteiger partial charge >= 0.3 is 11.9 Å². The molecular formula is C36H62O4. The summed E-state index contributed by atoms with van der Waals surface area (Å²) in [5.74, 6) is -0.728. The minimum Gasteiger partial charge on any atom is -0.481 e. The van der Waals surface area contributed by atoms with Crippen LogP contribution in [0, 0.1) is 0 Å². The molecule has 4 nitrogen and oxygen atoms in total. The second-order valence-electron chi connectivity index (χ2n) is 11.0. The number of carbonyl (C=O) groups excluding carboxylic acids is 1. The number of esters is 1. The first-order valence-electron chi connectivity index (χ1n) is 16.6. The van der Waals surface area contributed by atoms with Crippen molar-refractivity contribution in [3.63, 3.8) is 0 Å². The molecule has 0 heterocycles. The highest BCUT2D eigenvalue weighted by Gasteiger charge is 2.13. The van der Waals surface area contributed by atoms with Gasteiger partial charge in [-0.05, 0) is 77.0 Å². The molecule has 0 rings (SSSR count). The van der Waals surface area contributed by atoms with Gasteiger partial charge in [-0.1, -0.05) is 120 Å². The van der Waals surface area contributed by atoms with Crippen LogP contribution in [0.25, 0.3) is 0 Å². The van der Waals surface area contributed by atoms with Crippen molar-refractivity contribution in [2.24, 2.45) is 0 Å². The summed E-state index contributed by atoms with van der Waals surface area (Å²) in [6.45, 7) is 4.39. The Morgan fingerprint density at radius 1 is 0.550 bits per heavy atom.